The van der Waals surface area contributed by atoms with Crippen molar-refractivity contribution >= 4 is 23.1 Å². The second kappa shape index (κ2) is 5.92. The maximum absolute atomic E-state index is 5.33. The Bertz CT molecular complexity index is 548. The number of oxazole rings is 1. The Hall–Kier alpha value is -1.22. The largest absolute Gasteiger partial charge is 0.440 e. The summed E-state index contributed by atoms with van der Waals surface area (Å²) < 4.78 is 5.27. The molecule has 0 amide bonds. The molecule has 3 nitrogen and oxygen atoms in total. The standard InChI is InChI=1S/C12H12N2OS2/c1-9-7-15-12(14-9)16-8-11-5-4-10(17-11)3-2-6-13/h4-5,7H,6,8,13H2,1H3. The Morgan fingerprint density at radius 2 is 2.41 bits per heavy atom. The average Bonchev–Trinajstić information content (AvgIpc) is 2.93. The minimum absolute atomic E-state index is 0.400. The molecule has 5 heteroatoms. The van der Waals surface area contributed by atoms with E-state index in [2.05, 4.69) is 22.9 Å². The van der Waals surface area contributed by atoms with E-state index in [1.165, 1.54) is 4.88 Å². The fraction of sp³-hybridized carbons (Fsp3) is 0.250. The van der Waals surface area contributed by atoms with Crippen molar-refractivity contribution in [3.63, 3.8) is 0 Å². The zero-order chi connectivity index (χ0) is 12.1. The van der Waals surface area contributed by atoms with Crippen LogP contribution in [0.15, 0.2) is 28.0 Å². The molecule has 0 atom stereocenters. The van der Waals surface area contributed by atoms with Crippen LogP contribution >= 0.6 is 23.1 Å². The highest BCUT2D eigenvalue weighted by Gasteiger charge is 2.04. The number of thioether (sulfide) groups is 1. The lowest BCUT2D eigenvalue weighted by Crippen LogP contribution is -1.92. The van der Waals surface area contributed by atoms with Crippen LogP contribution in [0.5, 0.6) is 0 Å². The fourth-order valence-electron chi connectivity index (χ4n) is 1.19. The van der Waals surface area contributed by atoms with E-state index in [4.69, 9.17) is 10.2 Å². The molecule has 0 bridgehead atoms. The van der Waals surface area contributed by atoms with Crippen LogP contribution in [-0.2, 0) is 5.75 Å². The first-order chi connectivity index (χ1) is 8.28. The van der Waals surface area contributed by atoms with E-state index in [0.29, 0.717) is 11.8 Å². The zero-order valence-electron chi connectivity index (χ0n) is 9.40. The van der Waals surface area contributed by atoms with Crippen LogP contribution in [0, 0.1) is 18.8 Å². The Morgan fingerprint density at radius 1 is 1.53 bits per heavy atom. The Labute approximate surface area is 108 Å². The quantitative estimate of drug-likeness (QED) is 0.684. The molecule has 0 aliphatic heterocycles. The van der Waals surface area contributed by atoms with Crippen molar-refractivity contribution in [1.29, 1.82) is 0 Å². The van der Waals surface area contributed by atoms with Crippen molar-refractivity contribution in [3.8, 4) is 11.8 Å². The SMILES string of the molecule is Cc1coc(SCc2ccc(C#CCN)s2)n1. The van der Waals surface area contributed by atoms with Crippen LogP contribution in [0.25, 0.3) is 0 Å². The van der Waals surface area contributed by atoms with E-state index in [-0.39, 0.29) is 0 Å². The van der Waals surface area contributed by atoms with Gasteiger partial charge in [0, 0.05) is 10.6 Å². The molecule has 2 rings (SSSR count). The maximum Gasteiger partial charge on any atom is 0.256 e. The molecular weight excluding hydrogens is 252 g/mol. The lowest BCUT2D eigenvalue weighted by atomic mass is 10.4. The molecule has 2 aromatic heterocycles. The summed E-state index contributed by atoms with van der Waals surface area (Å²) >= 11 is 3.27. The van der Waals surface area contributed by atoms with Crippen LogP contribution in [0.4, 0.5) is 0 Å². The van der Waals surface area contributed by atoms with Crippen molar-refractivity contribution < 1.29 is 4.42 Å². The minimum atomic E-state index is 0.400. The first-order valence-electron chi connectivity index (χ1n) is 5.10. The van der Waals surface area contributed by atoms with Gasteiger partial charge in [0.15, 0.2) is 0 Å². The number of rotatable bonds is 3. The third kappa shape index (κ3) is 3.63. The van der Waals surface area contributed by atoms with Crippen molar-refractivity contribution in [2.45, 2.75) is 17.9 Å². The van der Waals surface area contributed by atoms with Gasteiger partial charge in [0.05, 0.1) is 17.1 Å². The summed E-state index contributed by atoms with van der Waals surface area (Å²) in [5, 5.41) is 0.713. The molecule has 0 aliphatic carbocycles. The molecule has 0 unspecified atom stereocenters. The van der Waals surface area contributed by atoms with Crippen molar-refractivity contribution in [2.75, 3.05) is 6.54 Å². The molecule has 0 radical (unpaired) electrons. The molecule has 88 valence electrons. The number of nitrogens with zero attached hydrogens (tertiary/aromatic N) is 1. The molecule has 0 fully saturated rings. The third-order valence-corrected chi connectivity index (χ3v) is 3.98. The fourth-order valence-corrected chi connectivity index (χ4v) is 2.97. The monoisotopic (exact) mass is 264 g/mol. The van der Waals surface area contributed by atoms with Gasteiger partial charge in [0.25, 0.3) is 5.22 Å². The molecule has 2 aromatic rings. The van der Waals surface area contributed by atoms with Crippen molar-refractivity contribution in [1.82, 2.24) is 4.98 Å². The van der Waals surface area contributed by atoms with Crippen molar-refractivity contribution in [3.05, 3.63) is 33.8 Å². The molecular formula is C12H12N2OS2. The summed E-state index contributed by atoms with van der Waals surface area (Å²) in [7, 11) is 0. The first kappa shape index (κ1) is 12.2. The highest BCUT2D eigenvalue weighted by molar-refractivity contribution is 7.98. The lowest BCUT2D eigenvalue weighted by Gasteiger charge is -1.91. The predicted octanol–water partition coefficient (Wildman–Crippen LogP) is 2.65. The van der Waals surface area contributed by atoms with Gasteiger partial charge in [-0.15, -0.1) is 11.3 Å². The topological polar surface area (TPSA) is 52.0 Å². The number of thiophene rings is 1. The van der Waals surface area contributed by atoms with E-state index in [9.17, 15) is 0 Å². The molecule has 0 aromatic carbocycles. The molecule has 0 saturated heterocycles. The van der Waals surface area contributed by atoms with E-state index in [1.807, 2.05) is 13.0 Å². The number of hydrogen-bond donors (Lipinski definition) is 1. The van der Waals surface area contributed by atoms with Gasteiger partial charge in [-0.1, -0.05) is 23.6 Å². The van der Waals surface area contributed by atoms with Crippen LogP contribution < -0.4 is 5.73 Å². The smallest absolute Gasteiger partial charge is 0.256 e. The molecule has 2 N–H and O–H groups in total. The predicted molar refractivity (Wildman–Crippen MR) is 71.1 cm³/mol. The van der Waals surface area contributed by atoms with Gasteiger partial charge >= 0.3 is 0 Å². The summed E-state index contributed by atoms with van der Waals surface area (Å²) in [5.41, 5.74) is 6.24. The van der Waals surface area contributed by atoms with Gasteiger partial charge in [-0.3, -0.25) is 0 Å². The minimum Gasteiger partial charge on any atom is -0.440 e. The van der Waals surface area contributed by atoms with Gasteiger partial charge in [0.2, 0.25) is 0 Å². The van der Waals surface area contributed by atoms with Gasteiger partial charge in [-0.2, -0.15) is 0 Å². The second-order valence-electron chi connectivity index (χ2n) is 3.32. The van der Waals surface area contributed by atoms with Crippen molar-refractivity contribution in [2.24, 2.45) is 5.73 Å². The number of hydrogen-bond acceptors (Lipinski definition) is 5. The Balaban J connectivity index is 1.93. The molecule has 17 heavy (non-hydrogen) atoms. The number of aryl methyl sites for hydroxylation is 1. The summed E-state index contributed by atoms with van der Waals surface area (Å²) in [6, 6.07) is 4.10. The summed E-state index contributed by atoms with van der Waals surface area (Å²) in [6.07, 6.45) is 1.66. The first-order valence-corrected chi connectivity index (χ1v) is 6.90. The molecule has 0 spiro atoms. The summed E-state index contributed by atoms with van der Waals surface area (Å²) in [6.45, 7) is 2.32. The highest BCUT2D eigenvalue weighted by Crippen LogP contribution is 2.26. The maximum atomic E-state index is 5.33. The normalized spacial score (nSPS) is 10.0. The number of nitrogens with two attached hydrogens (primary N) is 1. The molecule has 2 heterocycles. The second-order valence-corrected chi connectivity index (χ2v) is 5.41. The highest BCUT2D eigenvalue weighted by atomic mass is 32.2. The molecule has 0 aliphatic rings. The van der Waals surface area contributed by atoms with E-state index >= 15 is 0 Å². The van der Waals surface area contributed by atoms with E-state index < -0.39 is 0 Å². The Kier molecular flexibility index (Phi) is 4.26. The van der Waals surface area contributed by atoms with Gasteiger partial charge in [0.1, 0.15) is 6.26 Å². The lowest BCUT2D eigenvalue weighted by molar-refractivity contribution is 0.454. The zero-order valence-corrected chi connectivity index (χ0v) is 11.0. The third-order valence-electron chi connectivity index (χ3n) is 1.91. The van der Waals surface area contributed by atoms with E-state index in [0.717, 1.165) is 16.3 Å². The average molecular weight is 264 g/mol. The molecule has 0 saturated carbocycles. The van der Waals surface area contributed by atoms with Gasteiger partial charge < -0.3 is 10.2 Å². The number of aromatic nitrogens is 1. The van der Waals surface area contributed by atoms with Crippen LogP contribution in [0.1, 0.15) is 15.4 Å². The summed E-state index contributed by atoms with van der Waals surface area (Å²) in [4.78, 5) is 6.55. The summed E-state index contributed by atoms with van der Waals surface area (Å²) in [5.74, 6) is 6.72. The van der Waals surface area contributed by atoms with Gasteiger partial charge in [-0.25, -0.2) is 4.98 Å². The van der Waals surface area contributed by atoms with Crippen LogP contribution in [0.3, 0.4) is 0 Å². The Morgan fingerprint density at radius 3 is 3.12 bits per heavy atom. The van der Waals surface area contributed by atoms with E-state index in [1.54, 1.807) is 29.4 Å². The van der Waals surface area contributed by atoms with Crippen LogP contribution in [0.2, 0.25) is 0 Å². The van der Waals surface area contributed by atoms with Gasteiger partial charge in [-0.05, 0) is 19.1 Å². The van der Waals surface area contributed by atoms with Crippen LogP contribution in [-0.4, -0.2) is 11.5 Å².